The molecule has 1 aromatic carbocycles. The van der Waals surface area contributed by atoms with Crippen LogP contribution in [0.4, 0.5) is 5.69 Å². The number of hydrogen-bond acceptors (Lipinski definition) is 3. The molecule has 0 unspecified atom stereocenters. The highest BCUT2D eigenvalue weighted by atomic mass is 15.2. The third-order valence-electron chi connectivity index (χ3n) is 4.52. The molecule has 0 aliphatic heterocycles. The zero-order valence-corrected chi connectivity index (χ0v) is 12.7. The fourth-order valence-electron chi connectivity index (χ4n) is 2.94. The van der Waals surface area contributed by atoms with Gasteiger partial charge in [-0.2, -0.15) is 0 Å². The molecule has 0 saturated heterocycles. The Morgan fingerprint density at radius 2 is 1.74 bits per heavy atom. The van der Waals surface area contributed by atoms with E-state index in [1.54, 1.807) is 0 Å². The molecule has 1 aliphatic carbocycles. The summed E-state index contributed by atoms with van der Waals surface area (Å²) < 4.78 is 0. The maximum absolute atomic E-state index is 3.18. The van der Waals surface area contributed by atoms with E-state index in [1.807, 2.05) is 7.05 Å². The lowest BCUT2D eigenvalue weighted by molar-refractivity contribution is 0.0683. The van der Waals surface area contributed by atoms with Gasteiger partial charge in [0.15, 0.2) is 0 Å². The van der Waals surface area contributed by atoms with Crippen LogP contribution in [-0.4, -0.2) is 45.2 Å². The van der Waals surface area contributed by atoms with Crippen molar-refractivity contribution in [3.63, 3.8) is 0 Å². The first-order chi connectivity index (χ1) is 9.07. The van der Waals surface area contributed by atoms with Gasteiger partial charge in [-0.15, -0.1) is 0 Å². The lowest BCUT2D eigenvalue weighted by Crippen LogP contribution is -2.56. The van der Waals surface area contributed by atoms with E-state index in [9.17, 15) is 0 Å². The Bertz CT molecular complexity index is 393. The Morgan fingerprint density at radius 1 is 1.11 bits per heavy atom. The molecule has 0 amide bonds. The predicted molar refractivity (Wildman–Crippen MR) is 82.7 cm³/mol. The molecular formula is C16H27N3. The quantitative estimate of drug-likeness (QED) is 0.848. The maximum Gasteiger partial charge on any atom is 0.0378 e. The van der Waals surface area contributed by atoms with Gasteiger partial charge in [0.25, 0.3) is 0 Å². The number of nitrogens with zero attached hydrogens (tertiary/aromatic N) is 2. The van der Waals surface area contributed by atoms with E-state index in [-0.39, 0.29) is 0 Å². The summed E-state index contributed by atoms with van der Waals surface area (Å²) in [6.45, 7) is 2.05. The summed E-state index contributed by atoms with van der Waals surface area (Å²) >= 11 is 0. The van der Waals surface area contributed by atoms with Crippen LogP contribution in [0.25, 0.3) is 0 Å². The van der Waals surface area contributed by atoms with Crippen LogP contribution in [0.2, 0.25) is 0 Å². The molecule has 106 valence electrons. The van der Waals surface area contributed by atoms with E-state index < -0.39 is 0 Å². The van der Waals surface area contributed by atoms with Crippen LogP contribution < -0.4 is 10.2 Å². The molecule has 3 heteroatoms. The molecular weight excluding hydrogens is 234 g/mol. The first-order valence-electron chi connectivity index (χ1n) is 7.19. The van der Waals surface area contributed by atoms with Gasteiger partial charge in [0, 0.05) is 31.4 Å². The van der Waals surface area contributed by atoms with Crippen molar-refractivity contribution in [3.05, 3.63) is 29.8 Å². The Kier molecular flexibility index (Phi) is 4.48. The molecule has 0 heterocycles. The topological polar surface area (TPSA) is 18.5 Å². The second-order valence-corrected chi connectivity index (χ2v) is 6.03. The van der Waals surface area contributed by atoms with Gasteiger partial charge in [0.2, 0.25) is 0 Å². The normalized spacial score (nSPS) is 17.3. The van der Waals surface area contributed by atoms with Crippen LogP contribution in [-0.2, 0) is 6.54 Å². The van der Waals surface area contributed by atoms with E-state index in [0.717, 1.165) is 13.1 Å². The molecule has 0 bridgehead atoms. The SMILES string of the molecule is CNCc1ccc(N(C)CC2(N(C)C)CCC2)cc1. The van der Waals surface area contributed by atoms with Crippen LogP contribution >= 0.6 is 0 Å². The summed E-state index contributed by atoms with van der Waals surface area (Å²) in [6.07, 6.45) is 4.01. The molecule has 19 heavy (non-hydrogen) atoms. The molecule has 1 saturated carbocycles. The minimum atomic E-state index is 0.387. The smallest absolute Gasteiger partial charge is 0.0378 e. The van der Waals surface area contributed by atoms with Crippen molar-refractivity contribution in [3.8, 4) is 0 Å². The second kappa shape index (κ2) is 5.93. The monoisotopic (exact) mass is 261 g/mol. The number of rotatable bonds is 6. The van der Waals surface area contributed by atoms with Crippen molar-refractivity contribution >= 4 is 5.69 Å². The van der Waals surface area contributed by atoms with Gasteiger partial charge in [0.1, 0.15) is 0 Å². The zero-order valence-electron chi connectivity index (χ0n) is 12.7. The zero-order chi connectivity index (χ0) is 13.9. The summed E-state index contributed by atoms with van der Waals surface area (Å²) in [6, 6.07) is 8.89. The molecule has 0 atom stereocenters. The molecule has 2 rings (SSSR count). The molecule has 0 aromatic heterocycles. The number of benzene rings is 1. The molecule has 0 spiro atoms. The van der Waals surface area contributed by atoms with Gasteiger partial charge in [-0.1, -0.05) is 12.1 Å². The molecule has 0 radical (unpaired) electrons. The minimum Gasteiger partial charge on any atom is -0.373 e. The van der Waals surface area contributed by atoms with E-state index in [4.69, 9.17) is 0 Å². The molecule has 1 N–H and O–H groups in total. The highest BCUT2D eigenvalue weighted by Gasteiger charge is 2.39. The summed E-state index contributed by atoms with van der Waals surface area (Å²) in [4.78, 5) is 4.80. The molecule has 1 aliphatic rings. The van der Waals surface area contributed by atoms with Gasteiger partial charge >= 0.3 is 0 Å². The van der Waals surface area contributed by atoms with E-state index in [0.29, 0.717) is 5.54 Å². The third kappa shape index (κ3) is 3.10. The molecule has 3 nitrogen and oxygen atoms in total. The number of nitrogens with one attached hydrogen (secondary N) is 1. The second-order valence-electron chi connectivity index (χ2n) is 6.03. The molecule has 1 fully saturated rings. The Hall–Kier alpha value is -1.06. The summed E-state index contributed by atoms with van der Waals surface area (Å²) in [5, 5.41) is 3.18. The highest BCUT2D eigenvalue weighted by molar-refractivity contribution is 5.47. The summed E-state index contributed by atoms with van der Waals surface area (Å²) in [7, 11) is 8.61. The van der Waals surface area contributed by atoms with Crippen LogP contribution in [0.15, 0.2) is 24.3 Å². The van der Waals surface area contributed by atoms with Gasteiger partial charge in [-0.05, 0) is 58.1 Å². The maximum atomic E-state index is 3.18. The van der Waals surface area contributed by atoms with Crippen LogP contribution in [0, 0.1) is 0 Å². The van der Waals surface area contributed by atoms with Crippen LogP contribution in [0.5, 0.6) is 0 Å². The van der Waals surface area contributed by atoms with Gasteiger partial charge in [-0.3, -0.25) is 0 Å². The van der Waals surface area contributed by atoms with Crippen molar-refractivity contribution in [2.45, 2.75) is 31.3 Å². The Balaban J connectivity index is 2.01. The van der Waals surface area contributed by atoms with Gasteiger partial charge in [0.05, 0.1) is 0 Å². The third-order valence-corrected chi connectivity index (χ3v) is 4.52. The largest absolute Gasteiger partial charge is 0.373 e. The van der Waals surface area contributed by atoms with Gasteiger partial charge < -0.3 is 15.1 Å². The molecule has 1 aromatic rings. The Labute approximate surface area is 117 Å². The first-order valence-corrected chi connectivity index (χ1v) is 7.19. The van der Waals surface area contributed by atoms with Crippen molar-refractivity contribution in [2.75, 3.05) is 39.6 Å². The summed E-state index contributed by atoms with van der Waals surface area (Å²) in [5.41, 5.74) is 3.04. The first kappa shape index (κ1) is 14.4. The Morgan fingerprint density at radius 3 is 2.16 bits per heavy atom. The predicted octanol–water partition coefficient (Wildman–Crippen LogP) is 2.33. The van der Waals surface area contributed by atoms with Crippen molar-refractivity contribution in [2.24, 2.45) is 0 Å². The average Bonchev–Trinajstić information content (AvgIpc) is 2.34. The van der Waals surface area contributed by atoms with Gasteiger partial charge in [-0.25, -0.2) is 0 Å². The van der Waals surface area contributed by atoms with Crippen molar-refractivity contribution < 1.29 is 0 Å². The minimum absolute atomic E-state index is 0.387. The highest BCUT2D eigenvalue weighted by Crippen LogP contribution is 2.37. The number of hydrogen-bond donors (Lipinski definition) is 1. The fourth-order valence-corrected chi connectivity index (χ4v) is 2.94. The van der Waals surface area contributed by atoms with Crippen molar-refractivity contribution in [1.29, 1.82) is 0 Å². The standard InChI is InChI=1S/C16H27N3/c1-17-12-14-6-8-15(9-7-14)19(4)13-16(18(2)3)10-5-11-16/h6-9,17H,5,10-13H2,1-4H3. The number of anilines is 1. The van der Waals surface area contributed by atoms with Crippen molar-refractivity contribution in [1.82, 2.24) is 10.2 Å². The van der Waals surface area contributed by atoms with Crippen LogP contribution in [0.1, 0.15) is 24.8 Å². The van der Waals surface area contributed by atoms with E-state index in [1.165, 1.54) is 30.5 Å². The number of likely N-dealkylation sites (N-methyl/N-ethyl adjacent to an activating group) is 2. The average molecular weight is 261 g/mol. The van der Waals surface area contributed by atoms with Crippen LogP contribution in [0.3, 0.4) is 0 Å². The van der Waals surface area contributed by atoms with E-state index in [2.05, 4.69) is 60.5 Å². The summed E-state index contributed by atoms with van der Waals surface area (Å²) in [5.74, 6) is 0. The lowest BCUT2D eigenvalue weighted by atomic mass is 9.75. The fraction of sp³-hybridized carbons (Fsp3) is 0.625. The van der Waals surface area contributed by atoms with E-state index >= 15 is 0 Å². The lowest BCUT2D eigenvalue weighted by Gasteiger charge is -2.49.